The van der Waals surface area contributed by atoms with Crippen LogP contribution in [0.3, 0.4) is 0 Å². The number of hydrogen-bond donors (Lipinski definition) is 1. The van der Waals surface area contributed by atoms with Crippen LogP contribution in [0.2, 0.25) is 0 Å². The van der Waals surface area contributed by atoms with Crippen molar-refractivity contribution in [2.24, 2.45) is 5.73 Å². The molecule has 0 spiro atoms. The molecule has 0 heterocycles. The number of benzene rings is 1. The van der Waals surface area contributed by atoms with Crippen LogP contribution < -0.4 is 5.73 Å². The van der Waals surface area contributed by atoms with Crippen LogP contribution in [0.4, 0.5) is 0 Å². The second kappa shape index (κ2) is 7.24. The van der Waals surface area contributed by atoms with Gasteiger partial charge in [-0.2, -0.15) is 0 Å². The van der Waals surface area contributed by atoms with Gasteiger partial charge in [0.2, 0.25) is 5.91 Å². The van der Waals surface area contributed by atoms with Crippen LogP contribution >= 0.6 is 10.7 Å². The van der Waals surface area contributed by atoms with Gasteiger partial charge >= 0.3 is 0 Å². The lowest BCUT2D eigenvalue weighted by Crippen LogP contribution is -2.08. The standard InChI is InChI=1S/C6H5ClO2S.C4H9NO/c7-10(8,9)6-4-2-1-3-5-6;1-2-3-4(5)6/h1-5H;2-3H2,1H3,(H2,5,6). The van der Waals surface area contributed by atoms with Crippen LogP contribution in [0.1, 0.15) is 19.8 Å². The molecular weight excluding hydrogens is 250 g/mol. The summed E-state index contributed by atoms with van der Waals surface area (Å²) >= 11 is 0. The Bertz CT molecular complexity index is 417. The molecule has 0 aromatic heterocycles. The lowest BCUT2D eigenvalue weighted by atomic mass is 10.3. The zero-order valence-electron chi connectivity index (χ0n) is 8.89. The van der Waals surface area contributed by atoms with Gasteiger partial charge in [-0.1, -0.05) is 25.1 Å². The lowest BCUT2D eigenvalue weighted by Gasteiger charge is -1.91. The zero-order valence-corrected chi connectivity index (χ0v) is 10.5. The third-order valence-corrected chi connectivity index (χ3v) is 2.89. The van der Waals surface area contributed by atoms with Crippen LogP contribution in [0.25, 0.3) is 0 Å². The molecule has 0 atom stereocenters. The van der Waals surface area contributed by atoms with Crippen LogP contribution in [0.5, 0.6) is 0 Å². The minimum atomic E-state index is -3.53. The van der Waals surface area contributed by atoms with E-state index in [1.165, 1.54) is 12.1 Å². The number of carbonyl (C=O) groups is 1. The fourth-order valence-electron chi connectivity index (χ4n) is 0.829. The Morgan fingerprint density at radius 2 is 1.81 bits per heavy atom. The first-order valence-corrected chi connectivity index (χ1v) is 6.97. The summed E-state index contributed by atoms with van der Waals surface area (Å²) in [5.41, 5.74) is 4.76. The summed E-state index contributed by atoms with van der Waals surface area (Å²) in [5.74, 6) is -0.211. The third-order valence-electron chi connectivity index (χ3n) is 1.52. The van der Waals surface area contributed by atoms with Gasteiger partial charge in [-0.05, 0) is 18.6 Å². The maximum Gasteiger partial charge on any atom is 0.261 e. The summed E-state index contributed by atoms with van der Waals surface area (Å²) in [6.07, 6.45) is 1.37. The van der Waals surface area contributed by atoms with Gasteiger partial charge in [0, 0.05) is 17.1 Å². The molecule has 1 aromatic rings. The molecule has 0 saturated carbocycles. The predicted octanol–water partition coefficient (Wildman–Crippen LogP) is 1.89. The number of halogens is 1. The van der Waals surface area contributed by atoms with E-state index in [9.17, 15) is 13.2 Å². The van der Waals surface area contributed by atoms with Crippen molar-refractivity contribution >= 4 is 25.6 Å². The monoisotopic (exact) mass is 263 g/mol. The van der Waals surface area contributed by atoms with Crippen molar-refractivity contribution in [1.82, 2.24) is 0 Å². The first-order valence-electron chi connectivity index (χ1n) is 4.66. The van der Waals surface area contributed by atoms with Crippen LogP contribution in [-0.4, -0.2) is 14.3 Å². The fourth-order valence-corrected chi connectivity index (χ4v) is 1.62. The predicted molar refractivity (Wildman–Crippen MR) is 63.6 cm³/mol. The van der Waals surface area contributed by atoms with Gasteiger partial charge in [0.1, 0.15) is 0 Å². The molecule has 16 heavy (non-hydrogen) atoms. The van der Waals surface area contributed by atoms with Crippen molar-refractivity contribution < 1.29 is 13.2 Å². The molecule has 1 amide bonds. The first-order chi connectivity index (χ1) is 7.38. The highest BCUT2D eigenvalue weighted by Gasteiger charge is 2.06. The normalized spacial score (nSPS) is 10.1. The molecule has 0 aliphatic carbocycles. The van der Waals surface area contributed by atoms with Gasteiger partial charge in [0.15, 0.2) is 0 Å². The van der Waals surface area contributed by atoms with E-state index < -0.39 is 9.05 Å². The number of amides is 1. The largest absolute Gasteiger partial charge is 0.370 e. The van der Waals surface area contributed by atoms with E-state index >= 15 is 0 Å². The second-order valence-electron chi connectivity index (χ2n) is 2.97. The summed E-state index contributed by atoms with van der Waals surface area (Å²) in [7, 11) is 1.50. The molecule has 0 unspecified atom stereocenters. The number of nitrogens with two attached hydrogens (primary N) is 1. The van der Waals surface area contributed by atoms with E-state index in [1.54, 1.807) is 18.2 Å². The maximum absolute atomic E-state index is 10.6. The number of primary amides is 1. The Kier molecular flexibility index (Phi) is 6.76. The average Bonchev–Trinajstić information content (AvgIpc) is 2.18. The van der Waals surface area contributed by atoms with Crippen molar-refractivity contribution in [2.75, 3.05) is 0 Å². The van der Waals surface area contributed by atoms with Gasteiger partial charge in [0.05, 0.1) is 4.90 Å². The Labute approximate surface area is 99.8 Å². The van der Waals surface area contributed by atoms with E-state index in [4.69, 9.17) is 16.4 Å². The van der Waals surface area contributed by atoms with Gasteiger partial charge in [-0.25, -0.2) is 8.42 Å². The molecule has 1 aromatic carbocycles. The molecular formula is C10H14ClNO3S. The quantitative estimate of drug-likeness (QED) is 0.846. The number of carbonyl (C=O) groups excluding carboxylic acids is 1. The van der Waals surface area contributed by atoms with E-state index in [2.05, 4.69) is 0 Å². The van der Waals surface area contributed by atoms with Crippen molar-refractivity contribution in [2.45, 2.75) is 24.7 Å². The van der Waals surface area contributed by atoms with Gasteiger partial charge in [0.25, 0.3) is 9.05 Å². The topological polar surface area (TPSA) is 77.2 Å². The second-order valence-corrected chi connectivity index (χ2v) is 5.53. The molecule has 0 aliphatic rings. The Hall–Kier alpha value is -1.07. The first kappa shape index (κ1) is 14.9. The maximum atomic E-state index is 10.6. The highest BCUT2D eigenvalue weighted by molar-refractivity contribution is 8.13. The molecule has 90 valence electrons. The van der Waals surface area contributed by atoms with Gasteiger partial charge < -0.3 is 5.73 Å². The van der Waals surface area contributed by atoms with Crippen LogP contribution in [-0.2, 0) is 13.8 Å². The fraction of sp³-hybridized carbons (Fsp3) is 0.300. The van der Waals surface area contributed by atoms with Crippen molar-refractivity contribution in [3.63, 3.8) is 0 Å². The number of rotatable bonds is 3. The summed E-state index contributed by atoms with van der Waals surface area (Å²) in [4.78, 5) is 9.96. The lowest BCUT2D eigenvalue weighted by molar-refractivity contribution is -0.118. The minimum Gasteiger partial charge on any atom is -0.370 e. The number of hydrogen-bond acceptors (Lipinski definition) is 3. The summed E-state index contributed by atoms with van der Waals surface area (Å²) in [5, 5.41) is 0. The van der Waals surface area contributed by atoms with E-state index in [-0.39, 0.29) is 10.8 Å². The van der Waals surface area contributed by atoms with Crippen molar-refractivity contribution in [3.8, 4) is 0 Å². The SMILES string of the molecule is CCCC(N)=O.O=S(=O)(Cl)c1ccccc1. The van der Waals surface area contributed by atoms with Gasteiger partial charge in [-0.3, -0.25) is 4.79 Å². The molecule has 0 saturated heterocycles. The Morgan fingerprint density at radius 1 is 1.31 bits per heavy atom. The molecule has 0 fully saturated rings. The zero-order chi connectivity index (χ0) is 12.6. The minimum absolute atomic E-state index is 0.136. The van der Waals surface area contributed by atoms with Gasteiger partial charge in [-0.15, -0.1) is 0 Å². The Morgan fingerprint density at radius 3 is 2.00 bits per heavy atom. The molecule has 2 N–H and O–H groups in total. The van der Waals surface area contributed by atoms with E-state index in [0.717, 1.165) is 6.42 Å². The summed E-state index contributed by atoms with van der Waals surface area (Å²) < 4.78 is 21.2. The summed E-state index contributed by atoms with van der Waals surface area (Å²) in [6.45, 7) is 1.92. The van der Waals surface area contributed by atoms with E-state index in [0.29, 0.717) is 6.42 Å². The molecule has 6 heteroatoms. The van der Waals surface area contributed by atoms with Crippen molar-refractivity contribution in [1.29, 1.82) is 0 Å². The highest BCUT2D eigenvalue weighted by atomic mass is 35.7. The highest BCUT2D eigenvalue weighted by Crippen LogP contribution is 2.12. The third kappa shape index (κ3) is 7.25. The average molecular weight is 264 g/mol. The molecule has 1 rings (SSSR count). The smallest absolute Gasteiger partial charge is 0.261 e. The van der Waals surface area contributed by atoms with E-state index in [1.807, 2.05) is 6.92 Å². The Balaban J connectivity index is 0.000000325. The molecule has 0 aliphatic heterocycles. The van der Waals surface area contributed by atoms with Crippen molar-refractivity contribution in [3.05, 3.63) is 30.3 Å². The molecule has 0 radical (unpaired) electrons. The summed E-state index contributed by atoms with van der Waals surface area (Å²) in [6, 6.07) is 7.86. The molecule has 4 nitrogen and oxygen atoms in total. The van der Waals surface area contributed by atoms with Crippen LogP contribution in [0.15, 0.2) is 35.2 Å². The molecule has 0 bridgehead atoms. The van der Waals surface area contributed by atoms with Crippen LogP contribution in [0, 0.1) is 0 Å².